The first-order valence-corrected chi connectivity index (χ1v) is 10.2. The van der Waals surface area contributed by atoms with E-state index in [2.05, 4.69) is 5.32 Å². The Bertz CT molecular complexity index is 931. The van der Waals surface area contributed by atoms with Gasteiger partial charge in [-0.05, 0) is 38.0 Å². The maximum absolute atomic E-state index is 13.2. The van der Waals surface area contributed by atoms with Crippen LogP contribution in [0.1, 0.15) is 38.3 Å². The number of carbonyl (C=O) groups excluding carboxylic acids is 2. The van der Waals surface area contributed by atoms with Crippen LogP contribution in [0.5, 0.6) is 5.75 Å². The third-order valence-electron chi connectivity index (χ3n) is 5.19. The van der Waals surface area contributed by atoms with Crippen LogP contribution in [0.25, 0.3) is 0 Å². The number of nitrogens with zero attached hydrogens (tertiary/aromatic N) is 2. The molecule has 0 aliphatic rings. The van der Waals surface area contributed by atoms with Crippen molar-refractivity contribution in [2.75, 3.05) is 7.11 Å². The minimum Gasteiger partial charge on any atom is -0.497 e. The van der Waals surface area contributed by atoms with Crippen molar-refractivity contribution in [1.82, 2.24) is 10.2 Å². The molecule has 0 aromatic heterocycles. The van der Waals surface area contributed by atoms with Gasteiger partial charge in [0, 0.05) is 24.2 Å². The summed E-state index contributed by atoms with van der Waals surface area (Å²) in [5.41, 5.74) is 0.981. The molecule has 2 rings (SSSR count). The fourth-order valence-electron chi connectivity index (χ4n) is 3.12. The number of hydrogen-bond donors (Lipinski definition) is 1. The highest BCUT2D eigenvalue weighted by molar-refractivity contribution is 5.88. The first kappa shape index (κ1) is 23.9. The summed E-state index contributed by atoms with van der Waals surface area (Å²) in [5.74, 6) is -0.00242. The number of benzene rings is 2. The molecule has 0 fully saturated rings. The standard InChI is InChI=1S/C23H29N3O5/c1-5-16(2)24-23(28)17(3)25(15-18-9-8-11-20(13-18)31-4)22(27)14-19-10-6-7-12-21(19)26(29)30/h6-13,16-17H,5,14-15H2,1-4H3,(H,24,28)/t16-,17+/m1/s1. The zero-order chi connectivity index (χ0) is 23.0. The number of para-hydroxylation sites is 1. The Hall–Kier alpha value is -3.42. The molecule has 166 valence electrons. The maximum atomic E-state index is 13.2. The molecule has 0 saturated carbocycles. The monoisotopic (exact) mass is 427 g/mol. The third-order valence-corrected chi connectivity index (χ3v) is 5.19. The number of nitro benzene ring substituents is 1. The average Bonchev–Trinajstić information content (AvgIpc) is 2.77. The number of rotatable bonds is 10. The zero-order valence-corrected chi connectivity index (χ0v) is 18.3. The summed E-state index contributed by atoms with van der Waals surface area (Å²) in [5, 5.41) is 14.2. The predicted octanol–water partition coefficient (Wildman–Crippen LogP) is 3.48. The lowest BCUT2D eigenvalue weighted by Gasteiger charge is -2.30. The summed E-state index contributed by atoms with van der Waals surface area (Å²) in [4.78, 5) is 38.3. The molecule has 2 aromatic carbocycles. The molecule has 1 N–H and O–H groups in total. The number of carbonyl (C=O) groups is 2. The molecule has 0 radical (unpaired) electrons. The van der Waals surface area contributed by atoms with Crippen molar-refractivity contribution < 1.29 is 19.2 Å². The Morgan fingerprint density at radius 3 is 2.52 bits per heavy atom. The first-order chi connectivity index (χ1) is 14.8. The number of nitro groups is 1. The summed E-state index contributed by atoms with van der Waals surface area (Å²) in [6, 6.07) is 12.6. The number of hydrogen-bond acceptors (Lipinski definition) is 5. The topological polar surface area (TPSA) is 102 Å². The molecule has 0 heterocycles. The van der Waals surface area contributed by atoms with Gasteiger partial charge in [-0.3, -0.25) is 19.7 Å². The number of nitrogens with one attached hydrogen (secondary N) is 1. The lowest BCUT2D eigenvalue weighted by atomic mass is 10.1. The number of methoxy groups -OCH3 is 1. The van der Waals surface area contributed by atoms with E-state index in [1.807, 2.05) is 26.0 Å². The summed E-state index contributed by atoms with van der Waals surface area (Å²) in [7, 11) is 1.55. The fraction of sp³-hybridized carbons (Fsp3) is 0.391. The lowest BCUT2D eigenvalue weighted by molar-refractivity contribution is -0.385. The minimum absolute atomic E-state index is 0.0288. The highest BCUT2D eigenvalue weighted by Crippen LogP contribution is 2.21. The van der Waals surface area contributed by atoms with Gasteiger partial charge in [0.1, 0.15) is 11.8 Å². The van der Waals surface area contributed by atoms with Gasteiger partial charge in [-0.2, -0.15) is 0 Å². The molecule has 0 aliphatic heterocycles. The minimum atomic E-state index is -0.754. The summed E-state index contributed by atoms with van der Waals surface area (Å²) < 4.78 is 5.25. The molecular weight excluding hydrogens is 398 g/mol. The quantitative estimate of drug-likeness (QED) is 0.462. The van der Waals surface area contributed by atoms with E-state index in [-0.39, 0.29) is 36.5 Å². The smallest absolute Gasteiger partial charge is 0.273 e. The summed E-state index contributed by atoms with van der Waals surface area (Å²) >= 11 is 0. The van der Waals surface area contributed by atoms with Gasteiger partial charge in [0.2, 0.25) is 11.8 Å². The Kier molecular flexibility index (Phi) is 8.54. The van der Waals surface area contributed by atoms with E-state index >= 15 is 0 Å². The Morgan fingerprint density at radius 1 is 1.16 bits per heavy atom. The van der Waals surface area contributed by atoms with Crippen LogP contribution in [0.15, 0.2) is 48.5 Å². The Balaban J connectivity index is 2.32. The first-order valence-electron chi connectivity index (χ1n) is 10.2. The summed E-state index contributed by atoms with van der Waals surface area (Å²) in [6.07, 6.45) is 0.584. The van der Waals surface area contributed by atoms with Gasteiger partial charge in [0.25, 0.3) is 5.69 Å². The van der Waals surface area contributed by atoms with E-state index in [4.69, 9.17) is 4.74 Å². The van der Waals surface area contributed by atoms with Crippen LogP contribution in [0.2, 0.25) is 0 Å². The third kappa shape index (κ3) is 6.53. The molecule has 31 heavy (non-hydrogen) atoms. The largest absolute Gasteiger partial charge is 0.497 e. The molecule has 0 spiro atoms. The molecule has 8 heteroatoms. The molecule has 2 aromatic rings. The van der Waals surface area contributed by atoms with Gasteiger partial charge >= 0.3 is 0 Å². The van der Waals surface area contributed by atoms with E-state index < -0.39 is 11.0 Å². The number of ether oxygens (including phenoxy) is 1. The second-order valence-corrected chi connectivity index (χ2v) is 7.43. The van der Waals surface area contributed by atoms with E-state index in [9.17, 15) is 19.7 Å². The van der Waals surface area contributed by atoms with Crippen molar-refractivity contribution in [2.45, 2.75) is 52.2 Å². The Labute approximate surface area is 182 Å². The molecule has 0 saturated heterocycles. The van der Waals surface area contributed by atoms with Crippen LogP contribution in [-0.4, -0.2) is 40.8 Å². The average molecular weight is 428 g/mol. The van der Waals surface area contributed by atoms with E-state index in [1.54, 1.807) is 44.4 Å². The van der Waals surface area contributed by atoms with E-state index in [1.165, 1.54) is 11.0 Å². The van der Waals surface area contributed by atoms with E-state index in [0.29, 0.717) is 11.3 Å². The van der Waals surface area contributed by atoms with E-state index in [0.717, 1.165) is 12.0 Å². The molecule has 0 unspecified atom stereocenters. The maximum Gasteiger partial charge on any atom is 0.273 e. The summed E-state index contributed by atoms with van der Waals surface area (Å²) in [6.45, 7) is 5.69. The van der Waals surface area contributed by atoms with Crippen molar-refractivity contribution in [3.05, 3.63) is 69.8 Å². The SMILES string of the molecule is CC[C@@H](C)NC(=O)[C@H](C)N(Cc1cccc(OC)c1)C(=O)Cc1ccccc1[N+](=O)[O-]. The van der Waals surface area contributed by atoms with Crippen LogP contribution in [0.3, 0.4) is 0 Å². The second-order valence-electron chi connectivity index (χ2n) is 7.43. The lowest BCUT2D eigenvalue weighted by Crippen LogP contribution is -2.49. The molecule has 2 atom stereocenters. The zero-order valence-electron chi connectivity index (χ0n) is 18.3. The van der Waals surface area contributed by atoms with Crippen molar-refractivity contribution >= 4 is 17.5 Å². The number of amides is 2. The van der Waals surface area contributed by atoms with Crippen molar-refractivity contribution in [2.24, 2.45) is 0 Å². The van der Waals surface area contributed by atoms with Gasteiger partial charge in [-0.15, -0.1) is 0 Å². The van der Waals surface area contributed by atoms with Crippen LogP contribution in [0.4, 0.5) is 5.69 Å². The van der Waals surface area contributed by atoms with Gasteiger partial charge in [-0.1, -0.05) is 37.3 Å². The second kappa shape index (κ2) is 11.1. The van der Waals surface area contributed by atoms with Crippen LogP contribution < -0.4 is 10.1 Å². The Morgan fingerprint density at radius 2 is 1.87 bits per heavy atom. The predicted molar refractivity (Wildman–Crippen MR) is 118 cm³/mol. The van der Waals surface area contributed by atoms with Crippen LogP contribution in [0, 0.1) is 10.1 Å². The normalized spacial score (nSPS) is 12.5. The molecule has 0 aliphatic carbocycles. The van der Waals surface area contributed by atoms with Gasteiger partial charge in [-0.25, -0.2) is 0 Å². The highest BCUT2D eigenvalue weighted by Gasteiger charge is 2.28. The van der Waals surface area contributed by atoms with Gasteiger partial charge in [0.15, 0.2) is 0 Å². The van der Waals surface area contributed by atoms with Gasteiger partial charge < -0.3 is 15.0 Å². The molecular formula is C23H29N3O5. The van der Waals surface area contributed by atoms with Crippen LogP contribution in [-0.2, 0) is 22.6 Å². The highest BCUT2D eigenvalue weighted by atomic mass is 16.6. The van der Waals surface area contributed by atoms with Crippen molar-refractivity contribution in [3.8, 4) is 5.75 Å². The van der Waals surface area contributed by atoms with Gasteiger partial charge in [0.05, 0.1) is 18.5 Å². The van der Waals surface area contributed by atoms with Crippen LogP contribution >= 0.6 is 0 Å². The molecule has 0 bridgehead atoms. The van der Waals surface area contributed by atoms with Crippen molar-refractivity contribution in [1.29, 1.82) is 0 Å². The fourth-order valence-corrected chi connectivity index (χ4v) is 3.12. The van der Waals surface area contributed by atoms with Crippen molar-refractivity contribution in [3.63, 3.8) is 0 Å². The molecule has 8 nitrogen and oxygen atoms in total. The molecule has 2 amide bonds.